The van der Waals surface area contributed by atoms with Gasteiger partial charge in [-0.25, -0.2) is 0 Å². The molecule has 0 radical (unpaired) electrons. The summed E-state index contributed by atoms with van der Waals surface area (Å²) in [6.07, 6.45) is 4.72. The van der Waals surface area contributed by atoms with Gasteiger partial charge in [0.2, 0.25) is 0 Å². The molecule has 132 valence electrons. The normalized spacial score (nSPS) is 20.3. The lowest BCUT2D eigenvalue weighted by Gasteiger charge is -2.28. The van der Waals surface area contributed by atoms with Crippen LogP contribution in [0.5, 0.6) is 11.5 Å². The number of benzene rings is 2. The third-order valence-electron chi connectivity index (χ3n) is 5.14. The maximum absolute atomic E-state index is 13.0. The van der Waals surface area contributed by atoms with Crippen molar-refractivity contribution in [2.24, 2.45) is 11.8 Å². The van der Waals surface area contributed by atoms with E-state index in [1.807, 2.05) is 36.4 Å². The van der Waals surface area contributed by atoms with E-state index in [1.165, 1.54) is 11.1 Å². The van der Waals surface area contributed by atoms with Gasteiger partial charge in [-0.1, -0.05) is 30.7 Å². The van der Waals surface area contributed by atoms with Crippen molar-refractivity contribution in [3.63, 3.8) is 0 Å². The van der Waals surface area contributed by atoms with Gasteiger partial charge in [0.25, 0.3) is 0 Å². The van der Waals surface area contributed by atoms with Crippen molar-refractivity contribution >= 4 is 5.78 Å². The lowest BCUT2D eigenvalue weighted by atomic mass is 9.75. The highest BCUT2D eigenvalue weighted by Gasteiger charge is 2.31. The van der Waals surface area contributed by atoms with Crippen LogP contribution in [-0.4, -0.2) is 20.0 Å². The summed E-state index contributed by atoms with van der Waals surface area (Å²) in [5.41, 5.74) is 2.36. The number of carbonyl (C=O) groups excluding carboxylic acids is 1. The van der Waals surface area contributed by atoms with Crippen LogP contribution in [0.3, 0.4) is 0 Å². The molecule has 0 bridgehead atoms. The topological polar surface area (TPSA) is 35.5 Å². The summed E-state index contributed by atoms with van der Waals surface area (Å²) in [5, 5.41) is 0. The molecule has 1 aliphatic carbocycles. The van der Waals surface area contributed by atoms with Gasteiger partial charge >= 0.3 is 0 Å². The number of ether oxygens (including phenoxy) is 2. The first kappa shape index (κ1) is 17.5. The van der Waals surface area contributed by atoms with E-state index in [0.717, 1.165) is 43.6 Å². The fourth-order valence-electron chi connectivity index (χ4n) is 3.80. The fourth-order valence-corrected chi connectivity index (χ4v) is 3.80. The Balaban J connectivity index is 1.67. The summed E-state index contributed by atoms with van der Waals surface area (Å²) < 4.78 is 10.6. The molecule has 0 aliphatic heterocycles. The lowest BCUT2D eigenvalue weighted by molar-refractivity contribution is -0.129. The monoisotopic (exact) mass is 338 g/mol. The van der Waals surface area contributed by atoms with Crippen molar-refractivity contribution in [3.8, 4) is 11.5 Å². The second kappa shape index (κ2) is 8.19. The molecule has 0 spiro atoms. The number of carbonyl (C=O) groups is 1. The molecule has 1 saturated carbocycles. The quantitative estimate of drug-likeness (QED) is 0.779. The third-order valence-corrected chi connectivity index (χ3v) is 5.14. The Morgan fingerprint density at radius 2 is 1.32 bits per heavy atom. The number of hydrogen-bond acceptors (Lipinski definition) is 3. The van der Waals surface area contributed by atoms with Crippen molar-refractivity contribution in [2.45, 2.75) is 32.1 Å². The molecule has 2 atom stereocenters. The highest BCUT2D eigenvalue weighted by Crippen LogP contribution is 2.31. The average Bonchev–Trinajstić information content (AvgIpc) is 2.65. The predicted octanol–water partition coefficient (Wildman–Crippen LogP) is 4.47. The van der Waals surface area contributed by atoms with E-state index in [4.69, 9.17) is 9.47 Å². The summed E-state index contributed by atoms with van der Waals surface area (Å²) in [6, 6.07) is 16.1. The van der Waals surface area contributed by atoms with Gasteiger partial charge in [0, 0.05) is 11.8 Å². The second-order valence-corrected chi connectivity index (χ2v) is 6.84. The first-order valence-electron chi connectivity index (χ1n) is 8.99. The highest BCUT2D eigenvalue weighted by atomic mass is 16.5. The van der Waals surface area contributed by atoms with Gasteiger partial charge in [-0.2, -0.15) is 0 Å². The molecule has 0 unspecified atom stereocenters. The SMILES string of the molecule is COc1cccc(C[C@@H]2CCC[C@@H](Cc3cccc(OC)c3)C2=O)c1. The van der Waals surface area contributed by atoms with Crippen LogP contribution in [0.25, 0.3) is 0 Å². The molecule has 1 aliphatic rings. The van der Waals surface area contributed by atoms with Gasteiger partial charge in [-0.15, -0.1) is 0 Å². The van der Waals surface area contributed by atoms with Crippen LogP contribution < -0.4 is 9.47 Å². The largest absolute Gasteiger partial charge is 0.497 e. The van der Waals surface area contributed by atoms with E-state index in [9.17, 15) is 4.79 Å². The average molecular weight is 338 g/mol. The van der Waals surface area contributed by atoms with Crippen molar-refractivity contribution < 1.29 is 14.3 Å². The smallest absolute Gasteiger partial charge is 0.139 e. The zero-order chi connectivity index (χ0) is 17.6. The molecule has 3 nitrogen and oxygen atoms in total. The van der Waals surface area contributed by atoms with Crippen LogP contribution in [0.2, 0.25) is 0 Å². The Morgan fingerprint density at radius 3 is 1.76 bits per heavy atom. The summed E-state index contributed by atoms with van der Waals surface area (Å²) in [5.74, 6) is 2.37. The standard InChI is InChI=1S/C22H26O3/c1-24-20-10-3-6-16(14-20)12-18-8-5-9-19(22(18)23)13-17-7-4-11-21(15-17)25-2/h3-4,6-7,10-11,14-15,18-19H,5,8-9,12-13H2,1-2H3/t18-,19-/m0/s1. The zero-order valence-electron chi connectivity index (χ0n) is 15.0. The lowest BCUT2D eigenvalue weighted by Crippen LogP contribution is -2.31. The molecule has 0 aromatic heterocycles. The van der Waals surface area contributed by atoms with Crippen LogP contribution in [0.15, 0.2) is 48.5 Å². The zero-order valence-corrected chi connectivity index (χ0v) is 15.0. The number of hydrogen-bond donors (Lipinski definition) is 0. The van der Waals surface area contributed by atoms with Crippen LogP contribution in [-0.2, 0) is 17.6 Å². The van der Waals surface area contributed by atoms with Crippen LogP contribution in [0.1, 0.15) is 30.4 Å². The Bertz CT molecular complexity index is 663. The van der Waals surface area contributed by atoms with Crippen molar-refractivity contribution in [1.82, 2.24) is 0 Å². The maximum Gasteiger partial charge on any atom is 0.139 e. The number of ketones is 1. The van der Waals surface area contributed by atoms with Crippen molar-refractivity contribution in [1.29, 1.82) is 0 Å². The summed E-state index contributed by atoms with van der Waals surface area (Å²) in [4.78, 5) is 13.0. The van der Waals surface area contributed by atoms with E-state index >= 15 is 0 Å². The Hall–Kier alpha value is -2.29. The molecule has 0 saturated heterocycles. The van der Waals surface area contributed by atoms with Gasteiger partial charge in [-0.05, 0) is 61.1 Å². The van der Waals surface area contributed by atoms with E-state index in [1.54, 1.807) is 14.2 Å². The minimum Gasteiger partial charge on any atom is -0.497 e. The Labute approximate surface area is 150 Å². The van der Waals surface area contributed by atoms with E-state index in [2.05, 4.69) is 12.1 Å². The minimum absolute atomic E-state index is 0.122. The molecule has 1 fully saturated rings. The molecule has 25 heavy (non-hydrogen) atoms. The van der Waals surface area contributed by atoms with Gasteiger partial charge in [-0.3, -0.25) is 4.79 Å². The summed E-state index contributed by atoms with van der Waals surface area (Å²) in [6.45, 7) is 0. The number of Topliss-reactive ketones (excluding diaryl/α,β-unsaturated/α-hetero) is 1. The second-order valence-electron chi connectivity index (χ2n) is 6.84. The van der Waals surface area contributed by atoms with Gasteiger partial charge in [0.15, 0.2) is 0 Å². The molecular weight excluding hydrogens is 312 g/mol. The number of methoxy groups -OCH3 is 2. The maximum atomic E-state index is 13.0. The van der Waals surface area contributed by atoms with E-state index in [-0.39, 0.29) is 11.8 Å². The van der Waals surface area contributed by atoms with Crippen molar-refractivity contribution in [3.05, 3.63) is 59.7 Å². The summed E-state index contributed by atoms with van der Waals surface area (Å²) in [7, 11) is 3.35. The molecule has 0 N–H and O–H groups in total. The molecule has 2 aromatic carbocycles. The van der Waals surface area contributed by atoms with E-state index < -0.39 is 0 Å². The Kier molecular flexibility index (Phi) is 5.75. The highest BCUT2D eigenvalue weighted by molar-refractivity contribution is 5.84. The summed E-state index contributed by atoms with van der Waals surface area (Å²) >= 11 is 0. The van der Waals surface area contributed by atoms with E-state index in [0.29, 0.717) is 5.78 Å². The van der Waals surface area contributed by atoms with Crippen molar-refractivity contribution in [2.75, 3.05) is 14.2 Å². The molecule has 2 aromatic rings. The van der Waals surface area contributed by atoms with Gasteiger partial charge in [0.05, 0.1) is 14.2 Å². The fraction of sp³-hybridized carbons (Fsp3) is 0.409. The molecule has 0 amide bonds. The number of rotatable bonds is 6. The molecule has 3 heteroatoms. The molecule has 3 rings (SSSR count). The molecular formula is C22H26O3. The third kappa shape index (κ3) is 4.41. The van der Waals surface area contributed by atoms with Crippen LogP contribution in [0.4, 0.5) is 0 Å². The molecule has 0 heterocycles. The van der Waals surface area contributed by atoms with Gasteiger partial charge < -0.3 is 9.47 Å². The minimum atomic E-state index is 0.122. The van der Waals surface area contributed by atoms with Gasteiger partial charge in [0.1, 0.15) is 17.3 Å². The van der Waals surface area contributed by atoms with Crippen LogP contribution in [0, 0.1) is 11.8 Å². The first-order valence-corrected chi connectivity index (χ1v) is 8.99. The Morgan fingerprint density at radius 1 is 0.840 bits per heavy atom. The predicted molar refractivity (Wildman–Crippen MR) is 99.2 cm³/mol. The first-order chi connectivity index (χ1) is 12.2. The van der Waals surface area contributed by atoms with Crippen LogP contribution >= 0.6 is 0 Å².